The molecule has 0 spiro atoms. The molecule has 1 heterocycles. The maximum Gasteiger partial charge on any atom is 0.358 e. The second kappa shape index (κ2) is 6.93. The summed E-state index contributed by atoms with van der Waals surface area (Å²) in [5, 5.41) is -0.485. The third-order valence-corrected chi connectivity index (χ3v) is 3.27. The van der Waals surface area contributed by atoms with E-state index in [1.54, 1.807) is 13.8 Å². The highest BCUT2D eigenvalue weighted by Crippen LogP contribution is 2.34. The molecule has 8 heteroatoms. The molecule has 0 bridgehead atoms. The highest BCUT2D eigenvalue weighted by Gasteiger charge is 2.25. The van der Waals surface area contributed by atoms with E-state index < -0.39 is 11.9 Å². The van der Waals surface area contributed by atoms with Gasteiger partial charge in [-0.2, -0.15) is 0 Å². The molecule has 19 heavy (non-hydrogen) atoms. The first-order chi connectivity index (χ1) is 8.93. The lowest BCUT2D eigenvalue weighted by molar-refractivity contribution is 0.0512. The van der Waals surface area contributed by atoms with Gasteiger partial charge in [0.15, 0.2) is 11.4 Å². The molecule has 1 aromatic rings. The third-order valence-electron chi connectivity index (χ3n) is 1.96. The van der Waals surface area contributed by atoms with Crippen molar-refractivity contribution in [2.75, 3.05) is 13.2 Å². The van der Waals surface area contributed by atoms with Crippen LogP contribution in [0.2, 0.25) is 15.1 Å². The van der Waals surface area contributed by atoms with E-state index in [1.165, 1.54) is 0 Å². The zero-order valence-electron chi connectivity index (χ0n) is 10.1. The largest absolute Gasteiger partial charge is 0.461 e. The molecule has 0 atom stereocenters. The molecule has 0 aliphatic carbocycles. The molecular weight excluding hydrogens is 316 g/mol. The summed E-state index contributed by atoms with van der Waals surface area (Å²) >= 11 is 17.6. The molecule has 1 aromatic heterocycles. The molecule has 0 amide bonds. The smallest absolute Gasteiger partial charge is 0.358 e. The van der Waals surface area contributed by atoms with Crippen LogP contribution in [0.4, 0.5) is 0 Å². The van der Waals surface area contributed by atoms with Gasteiger partial charge in [-0.3, -0.25) is 0 Å². The molecule has 0 radical (unpaired) electrons. The van der Waals surface area contributed by atoms with Gasteiger partial charge < -0.3 is 9.47 Å². The van der Waals surface area contributed by atoms with E-state index in [0.29, 0.717) is 0 Å². The van der Waals surface area contributed by atoms with Crippen molar-refractivity contribution in [1.82, 2.24) is 4.98 Å². The lowest BCUT2D eigenvalue weighted by Gasteiger charge is -2.10. The highest BCUT2D eigenvalue weighted by atomic mass is 35.5. The van der Waals surface area contributed by atoms with Gasteiger partial charge in [-0.25, -0.2) is 14.6 Å². The summed E-state index contributed by atoms with van der Waals surface area (Å²) in [6.45, 7) is 3.50. The highest BCUT2D eigenvalue weighted by molar-refractivity contribution is 6.49. The van der Waals surface area contributed by atoms with Gasteiger partial charge in [0.1, 0.15) is 0 Å². The van der Waals surface area contributed by atoms with E-state index in [0.717, 1.165) is 0 Å². The summed E-state index contributed by atoms with van der Waals surface area (Å²) in [7, 11) is 0. The summed E-state index contributed by atoms with van der Waals surface area (Å²) < 4.78 is 9.52. The van der Waals surface area contributed by atoms with Gasteiger partial charge in [-0.1, -0.05) is 34.8 Å². The zero-order chi connectivity index (χ0) is 14.6. The Labute approximate surface area is 124 Å². The monoisotopic (exact) mass is 325 g/mol. The minimum atomic E-state index is -0.795. The second-order valence-corrected chi connectivity index (χ2v) is 4.33. The molecule has 0 aliphatic rings. The molecule has 0 N–H and O–H groups in total. The first-order valence-corrected chi connectivity index (χ1v) is 6.46. The lowest BCUT2D eigenvalue weighted by atomic mass is 10.3. The molecule has 5 nitrogen and oxygen atoms in total. The predicted octanol–water partition coefficient (Wildman–Crippen LogP) is 3.40. The normalized spacial score (nSPS) is 10.2. The minimum absolute atomic E-state index is 0.131. The van der Waals surface area contributed by atoms with E-state index in [1.807, 2.05) is 0 Å². The second-order valence-electron chi connectivity index (χ2n) is 3.19. The zero-order valence-corrected chi connectivity index (χ0v) is 12.4. The Morgan fingerprint density at radius 1 is 0.895 bits per heavy atom. The standard InChI is InChI=1S/C11H10Cl3NO4/c1-3-18-10(16)8-6(13)5(12)7(14)9(15-8)11(17)19-4-2/h3-4H2,1-2H3. The van der Waals surface area contributed by atoms with Crippen LogP contribution in [0.5, 0.6) is 0 Å². The van der Waals surface area contributed by atoms with Gasteiger partial charge in [0.2, 0.25) is 0 Å². The number of esters is 2. The fourth-order valence-electron chi connectivity index (χ4n) is 1.18. The van der Waals surface area contributed by atoms with Crippen LogP contribution in [0, 0.1) is 0 Å². The van der Waals surface area contributed by atoms with Crippen molar-refractivity contribution in [1.29, 1.82) is 0 Å². The van der Waals surface area contributed by atoms with E-state index in [-0.39, 0.29) is 39.7 Å². The van der Waals surface area contributed by atoms with Crippen LogP contribution in [0.3, 0.4) is 0 Å². The van der Waals surface area contributed by atoms with Crippen molar-refractivity contribution in [3.63, 3.8) is 0 Å². The number of hydrogen-bond donors (Lipinski definition) is 0. The summed E-state index contributed by atoms with van der Waals surface area (Å²) in [6.07, 6.45) is 0. The summed E-state index contributed by atoms with van der Waals surface area (Å²) in [6, 6.07) is 0. The molecule has 0 fully saturated rings. The summed E-state index contributed by atoms with van der Waals surface area (Å²) in [5.74, 6) is -1.59. The average Bonchev–Trinajstić information content (AvgIpc) is 2.36. The van der Waals surface area contributed by atoms with E-state index >= 15 is 0 Å². The number of halogens is 3. The Morgan fingerprint density at radius 3 is 1.58 bits per heavy atom. The van der Waals surface area contributed by atoms with Crippen LogP contribution >= 0.6 is 34.8 Å². The number of hydrogen-bond acceptors (Lipinski definition) is 5. The van der Waals surface area contributed by atoms with Crippen LogP contribution in [-0.4, -0.2) is 30.1 Å². The van der Waals surface area contributed by atoms with Crippen molar-refractivity contribution in [2.45, 2.75) is 13.8 Å². The maximum atomic E-state index is 11.6. The van der Waals surface area contributed by atoms with Crippen LogP contribution in [0.15, 0.2) is 0 Å². The quantitative estimate of drug-likeness (QED) is 0.793. The molecule has 0 saturated carbocycles. The fraction of sp³-hybridized carbons (Fsp3) is 0.364. The topological polar surface area (TPSA) is 65.5 Å². The fourth-order valence-corrected chi connectivity index (χ4v) is 1.84. The number of nitrogens with zero attached hydrogens (tertiary/aromatic N) is 1. The van der Waals surface area contributed by atoms with Crippen molar-refractivity contribution in [3.8, 4) is 0 Å². The number of pyridine rings is 1. The van der Waals surface area contributed by atoms with Gasteiger partial charge in [0.05, 0.1) is 28.3 Å². The molecule has 1 rings (SSSR count). The van der Waals surface area contributed by atoms with Crippen molar-refractivity contribution in [3.05, 3.63) is 26.5 Å². The Kier molecular flexibility index (Phi) is 5.85. The molecule has 0 aliphatic heterocycles. The Bertz CT molecular complexity index is 477. The maximum absolute atomic E-state index is 11.6. The lowest BCUT2D eigenvalue weighted by Crippen LogP contribution is -2.14. The van der Waals surface area contributed by atoms with Gasteiger partial charge in [0, 0.05) is 0 Å². The molecule has 0 saturated heterocycles. The average molecular weight is 327 g/mol. The van der Waals surface area contributed by atoms with Crippen molar-refractivity contribution < 1.29 is 19.1 Å². The molecule has 0 unspecified atom stereocenters. The van der Waals surface area contributed by atoms with E-state index in [2.05, 4.69) is 4.98 Å². The van der Waals surface area contributed by atoms with Crippen molar-refractivity contribution >= 4 is 46.7 Å². The van der Waals surface area contributed by atoms with Gasteiger partial charge >= 0.3 is 11.9 Å². The van der Waals surface area contributed by atoms with Crippen LogP contribution in [0.1, 0.15) is 34.8 Å². The molecular formula is C11H10Cl3NO4. The number of rotatable bonds is 4. The Balaban J connectivity index is 3.34. The third kappa shape index (κ3) is 3.49. The number of carbonyl (C=O) groups excluding carboxylic acids is 2. The molecule has 104 valence electrons. The predicted molar refractivity (Wildman–Crippen MR) is 71.2 cm³/mol. The minimum Gasteiger partial charge on any atom is -0.461 e. The number of aromatic nitrogens is 1. The van der Waals surface area contributed by atoms with E-state index in [9.17, 15) is 9.59 Å². The molecule has 0 aromatic carbocycles. The van der Waals surface area contributed by atoms with Crippen LogP contribution < -0.4 is 0 Å². The van der Waals surface area contributed by atoms with Gasteiger partial charge in [0.25, 0.3) is 0 Å². The van der Waals surface area contributed by atoms with Gasteiger partial charge in [-0.15, -0.1) is 0 Å². The number of carbonyl (C=O) groups is 2. The summed E-state index contributed by atoms with van der Waals surface area (Å²) in [4.78, 5) is 27.0. The van der Waals surface area contributed by atoms with Gasteiger partial charge in [-0.05, 0) is 13.8 Å². The van der Waals surface area contributed by atoms with Crippen LogP contribution in [-0.2, 0) is 9.47 Å². The first-order valence-electron chi connectivity index (χ1n) is 5.32. The summed E-state index contributed by atoms with van der Waals surface area (Å²) in [5.41, 5.74) is -0.554. The van der Waals surface area contributed by atoms with E-state index in [4.69, 9.17) is 44.3 Å². The SMILES string of the molecule is CCOC(=O)c1nc(C(=O)OCC)c(Cl)c(Cl)c1Cl. The van der Waals surface area contributed by atoms with Crippen LogP contribution in [0.25, 0.3) is 0 Å². The van der Waals surface area contributed by atoms with Crippen molar-refractivity contribution in [2.24, 2.45) is 0 Å². The Morgan fingerprint density at radius 2 is 1.26 bits per heavy atom. The number of ether oxygens (including phenoxy) is 2. The first kappa shape index (κ1) is 16.0. The Hall–Kier alpha value is -1.04.